The number of rotatable bonds is 4. The average molecular weight is 393 g/mol. The van der Waals surface area contributed by atoms with Crippen LogP contribution in [0.5, 0.6) is 5.75 Å². The van der Waals surface area contributed by atoms with Crippen LogP contribution >= 0.6 is 11.6 Å². The maximum Gasteiger partial charge on any atom is 0.258 e. The van der Waals surface area contributed by atoms with Crippen LogP contribution in [0, 0.1) is 17.3 Å². The minimum absolute atomic E-state index is 0.0246. The van der Waals surface area contributed by atoms with Crippen LogP contribution in [0.4, 0.5) is 0 Å². The highest BCUT2D eigenvalue weighted by Gasteiger charge is 2.45. The molecule has 2 fully saturated rings. The van der Waals surface area contributed by atoms with Gasteiger partial charge < -0.3 is 15.4 Å². The Hall–Kier alpha value is -1.75. The molecule has 2 amide bonds. The lowest BCUT2D eigenvalue weighted by Gasteiger charge is -2.48. The SMILES string of the molecule is CC(C)(C)C1CC(=O)NC2CC(NC(=O)COc3ccc(Cl)cc3)CCC21. The van der Waals surface area contributed by atoms with E-state index in [1.165, 1.54) is 0 Å². The first kappa shape index (κ1) is 20.0. The Morgan fingerprint density at radius 3 is 2.63 bits per heavy atom. The van der Waals surface area contributed by atoms with E-state index in [-0.39, 0.29) is 35.9 Å². The maximum absolute atomic E-state index is 12.2. The molecule has 2 aliphatic rings. The first-order chi connectivity index (χ1) is 12.7. The third-order valence-corrected chi connectivity index (χ3v) is 6.09. The molecule has 3 rings (SSSR count). The highest BCUT2D eigenvalue weighted by Crippen LogP contribution is 2.44. The predicted octanol–water partition coefficient (Wildman–Crippen LogP) is 3.55. The van der Waals surface area contributed by atoms with E-state index in [0.29, 0.717) is 29.0 Å². The quantitative estimate of drug-likeness (QED) is 0.823. The molecular weight excluding hydrogens is 364 g/mol. The summed E-state index contributed by atoms with van der Waals surface area (Å²) in [5.74, 6) is 1.49. The third-order valence-electron chi connectivity index (χ3n) is 5.83. The van der Waals surface area contributed by atoms with Gasteiger partial charge >= 0.3 is 0 Å². The van der Waals surface area contributed by atoms with Crippen molar-refractivity contribution in [2.24, 2.45) is 17.3 Å². The molecule has 1 aliphatic heterocycles. The van der Waals surface area contributed by atoms with Crippen molar-refractivity contribution >= 4 is 23.4 Å². The van der Waals surface area contributed by atoms with Crippen LogP contribution in [-0.2, 0) is 9.59 Å². The van der Waals surface area contributed by atoms with Crippen LogP contribution in [0.15, 0.2) is 24.3 Å². The van der Waals surface area contributed by atoms with Crippen molar-refractivity contribution in [2.45, 2.75) is 58.5 Å². The van der Waals surface area contributed by atoms with Crippen molar-refractivity contribution in [3.05, 3.63) is 29.3 Å². The standard InChI is InChI=1S/C21H29ClN2O3/c1-21(2,3)17-11-19(25)24-18-10-14(6-9-16(17)18)23-20(26)12-27-15-7-4-13(22)5-8-15/h4-5,7-8,14,16-18H,6,9-12H2,1-3H3,(H,23,26)(H,24,25). The van der Waals surface area contributed by atoms with Gasteiger partial charge in [0.2, 0.25) is 5.91 Å². The largest absolute Gasteiger partial charge is 0.484 e. The molecule has 1 saturated carbocycles. The smallest absolute Gasteiger partial charge is 0.258 e. The topological polar surface area (TPSA) is 67.4 Å². The summed E-state index contributed by atoms with van der Waals surface area (Å²) in [6.07, 6.45) is 3.36. The van der Waals surface area contributed by atoms with Gasteiger partial charge in [-0.25, -0.2) is 0 Å². The molecule has 148 valence electrons. The Balaban J connectivity index is 1.52. The first-order valence-electron chi connectivity index (χ1n) is 9.69. The Kier molecular flexibility index (Phi) is 5.99. The molecule has 1 aromatic rings. The van der Waals surface area contributed by atoms with Gasteiger partial charge in [0, 0.05) is 23.5 Å². The predicted molar refractivity (Wildman–Crippen MR) is 106 cm³/mol. The number of halogens is 1. The molecule has 5 nitrogen and oxygen atoms in total. The van der Waals surface area contributed by atoms with E-state index >= 15 is 0 Å². The van der Waals surface area contributed by atoms with Gasteiger partial charge in [-0.15, -0.1) is 0 Å². The van der Waals surface area contributed by atoms with Crippen LogP contribution < -0.4 is 15.4 Å². The summed E-state index contributed by atoms with van der Waals surface area (Å²) in [6.45, 7) is 6.63. The van der Waals surface area contributed by atoms with E-state index in [1.54, 1.807) is 24.3 Å². The highest BCUT2D eigenvalue weighted by atomic mass is 35.5. The Bertz CT molecular complexity index is 684. The Morgan fingerprint density at radius 1 is 1.26 bits per heavy atom. The van der Waals surface area contributed by atoms with E-state index in [2.05, 4.69) is 31.4 Å². The summed E-state index contributed by atoms with van der Waals surface area (Å²) in [7, 11) is 0. The van der Waals surface area contributed by atoms with Crippen molar-refractivity contribution < 1.29 is 14.3 Å². The van der Waals surface area contributed by atoms with Crippen LogP contribution in [0.3, 0.4) is 0 Å². The minimum atomic E-state index is -0.136. The maximum atomic E-state index is 12.2. The summed E-state index contributed by atoms with van der Waals surface area (Å²) in [4.78, 5) is 24.4. The second-order valence-electron chi connectivity index (χ2n) is 8.83. The first-order valence-corrected chi connectivity index (χ1v) is 10.1. The second kappa shape index (κ2) is 8.09. The summed E-state index contributed by atoms with van der Waals surface area (Å²) in [6, 6.07) is 7.16. The molecule has 0 aromatic heterocycles. The number of benzene rings is 1. The van der Waals surface area contributed by atoms with Crippen molar-refractivity contribution in [1.82, 2.24) is 10.6 Å². The Labute approximate surface area is 166 Å². The molecule has 2 N–H and O–H groups in total. The van der Waals surface area contributed by atoms with E-state index < -0.39 is 0 Å². The zero-order valence-electron chi connectivity index (χ0n) is 16.3. The molecule has 1 aliphatic carbocycles. The molecule has 27 heavy (non-hydrogen) atoms. The number of nitrogens with one attached hydrogen (secondary N) is 2. The summed E-state index contributed by atoms with van der Waals surface area (Å²) in [5, 5.41) is 6.84. The molecule has 1 aromatic carbocycles. The van der Waals surface area contributed by atoms with E-state index in [0.717, 1.165) is 19.3 Å². The molecule has 0 radical (unpaired) electrons. The molecule has 0 bridgehead atoms. The van der Waals surface area contributed by atoms with Crippen molar-refractivity contribution in [3.8, 4) is 5.75 Å². The number of fused-ring (bicyclic) bond motifs is 1. The lowest BCUT2D eigenvalue weighted by atomic mass is 9.62. The van der Waals surface area contributed by atoms with Gasteiger partial charge in [-0.2, -0.15) is 0 Å². The van der Waals surface area contributed by atoms with E-state index in [4.69, 9.17) is 16.3 Å². The third kappa shape index (κ3) is 5.16. The van der Waals surface area contributed by atoms with Gasteiger partial charge in [-0.1, -0.05) is 32.4 Å². The van der Waals surface area contributed by atoms with Gasteiger partial charge in [0.05, 0.1) is 0 Å². The fraction of sp³-hybridized carbons (Fsp3) is 0.619. The zero-order chi connectivity index (χ0) is 19.6. The summed E-state index contributed by atoms with van der Waals surface area (Å²) in [5.41, 5.74) is 0.114. The molecule has 1 heterocycles. The van der Waals surface area contributed by atoms with Crippen LogP contribution in [0.1, 0.15) is 46.5 Å². The number of carbonyl (C=O) groups is 2. The van der Waals surface area contributed by atoms with Crippen LogP contribution in [0.25, 0.3) is 0 Å². The lowest BCUT2D eigenvalue weighted by Crippen LogP contribution is -2.57. The number of carbonyl (C=O) groups excluding carboxylic acids is 2. The Morgan fingerprint density at radius 2 is 1.96 bits per heavy atom. The lowest BCUT2D eigenvalue weighted by molar-refractivity contribution is -0.130. The van der Waals surface area contributed by atoms with Crippen molar-refractivity contribution in [3.63, 3.8) is 0 Å². The second-order valence-corrected chi connectivity index (χ2v) is 9.27. The number of amides is 2. The van der Waals surface area contributed by atoms with Crippen LogP contribution in [-0.4, -0.2) is 30.5 Å². The van der Waals surface area contributed by atoms with Crippen LogP contribution in [0.2, 0.25) is 5.02 Å². The van der Waals surface area contributed by atoms with Crippen molar-refractivity contribution in [2.75, 3.05) is 6.61 Å². The monoisotopic (exact) mass is 392 g/mol. The molecule has 0 spiro atoms. The number of ether oxygens (including phenoxy) is 1. The molecule has 4 unspecified atom stereocenters. The fourth-order valence-corrected chi connectivity index (χ4v) is 4.61. The highest BCUT2D eigenvalue weighted by molar-refractivity contribution is 6.30. The van der Waals surface area contributed by atoms with Crippen molar-refractivity contribution in [1.29, 1.82) is 0 Å². The average Bonchev–Trinajstić information content (AvgIpc) is 2.59. The molecule has 1 saturated heterocycles. The van der Waals surface area contributed by atoms with Gasteiger partial charge in [0.25, 0.3) is 5.91 Å². The normalized spacial score (nSPS) is 28.1. The molecular formula is C21H29ClN2O3. The molecule has 6 heteroatoms. The zero-order valence-corrected chi connectivity index (χ0v) is 17.0. The fourth-order valence-electron chi connectivity index (χ4n) is 4.49. The van der Waals surface area contributed by atoms with E-state index in [9.17, 15) is 9.59 Å². The number of hydrogen-bond donors (Lipinski definition) is 2. The summed E-state index contributed by atoms with van der Waals surface area (Å²) < 4.78 is 5.51. The number of hydrogen-bond acceptors (Lipinski definition) is 3. The summed E-state index contributed by atoms with van der Waals surface area (Å²) >= 11 is 5.84. The number of piperidine rings is 1. The van der Waals surface area contributed by atoms with Gasteiger partial charge in [0.1, 0.15) is 5.75 Å². The van der Waals surface area contributed by atoms with E-state index in [1.807, 2.05) is 0 Å². The molecule has 4 atom stereocenters. The minimum Gasteiger partial charge on any atom is -0.484 e. The van der Waals surface area contributed by atoms with Gasteiger partial charge in [0.15, 0.2) is 6.61 Å². The van der Waals surface area contributed by atoms with Gasteiger partial charge in [-0.05, 0) is 60.8 Å². The van der Waals surface area contributed by atoms with Gasteiger partial charge in [-0.3, -0.25) is 9.59 Å².